The number of amides is 1. The van der Waals surface area contributed by atoms with Gasteiger partial charge in [-0.1, -0.05) is 36.4 Å². The van der Waals surface area contributed by atoms with Crippen LogP contribution in [0, 0.1) is 27.7 Å². The van der Waals surface area contributed by atoms with Crippen molar-refractivity contribution >= 4 is 27.8 Å². The topological polar surface area (TPSA) is 93.0 Å². The van der Waals surface area contributed by atoms with Gasteiger partial charge in [0.25, 0.3) is 15.9 Å². The molecule has 1 heterocycles. The maximum Gasteiger partial charge on any atom is 0.264 e. The quantitative estimate of drug-likeness (QED) is 0.207. The number of ether oxygens (including phenoxy) is 1. The summed E-state index contributed by atoms with van der Waals surface area (Å²) >= 11 is 0. The van der Waals surface area contributed by atoms with Crippen LogP contribution < -0.4 is 14.5 Å². The summed E-state index contributed by atoms with van der Waals surface area (Å²) in [5, 5.41) is 4.16. The Balaban J connectivity index is 1.56. The fraction of sp³-hybridized carbons (Fsp3) is 0.226. The number of aromatic nitrogens is 1. The second-order valence-electron chi connectivity index (χ2n) is 9.45. The van der Waals surface area contributed by atoms with Crippen LogP contribution >= 0.6 is 0 Å². The lowest BCUT2D eigenvalue weighted by molar-refractivity contribution is -0.119. The molecule has 1 N–H and O–H groups in total. The van der Waals surface area contributed by atoms with Gasteiger partial charge in [0.15, 0.2) is 0 Å². The molecular weight excluding hydrogens is 524 g/mol. The van der Waals surface area contributed by atoms with E-state index in [0.717, 1.165) is 38.1 Å². The monoisotopic (exact) mass is 558 g/mol. The van der Waals surface area contributed by atoms with Crippen molar-refractivity contribution in [2.75, 3.05) is 17.5 Å². The van der Waals surface area contributed by atoms with Gasteiger partial charge in [-0.3, -0.25) is 9.10 Å². The number of aryl methyl sites for hydroxylation is 3. The van der Waals surface area contributed by atoms with E-state index in [9.17, 15) is 13.2 Å². The van der Waals surface area contributed by atoms with Gasteiger partial charge in [-0.15, -0.1) is 0 Å². The summed E-state index contributed by atoms with van der Waals surface area (Å²) in [4.78, 5) is 13.1. The molecule has 0 aliphatic heterocycles. The van der Waals surface area contributed by atoms with Crippen LogP contribution in [-0.4, -0.2) is 38.3 Å². The zero-order valence-electron chi connectivity index (χ0n) is 23.4. The van der Waals surface area contributed by atoms with E-state index in [0.29, 0.717) is 18.0 Å². The number of hydrogen-bond donors (Lipinski definition) is 1. The van der Waals surface area contributed by atoms with Gasteiger partial charge < -0.3 is 9.30 Å². The standard InChI is InChI=1S/C31H34N4O4S/c1-6-39-28-17-15-27(16-18-28)34(40(37,38)29-13-8-7-9-14-29)21-30(36)33-32-20-26-19-24(4)35(25(26)5)31-22(2)11-10-12-23(31)3/h7-20H,6,21H2,1-5H3,(H,33,36)/b32-20-. The Morgan fingerprint density at radius 3 is 2.23 bits per heavy atom. The summed E-state index contributed by atoms with van der Waals surface area (Å²) in [6, 6.07) is 22.8. The van der Waals surface area contributed by atoms with Crippen molar-refractivity contribution in [2.45, 2.75) is 39.5 Å². The highest BCUT2D eigenvalue weighted by molar-refractivity contribution is 7.92. The number of sulfonamides is 1. The van der Waals surface area contributed by atoms with Crippen LogP contribution in [0.25, 0.3) is 5.69 Å². The number of nitrogens with zero attached hydrogens (tertiary/aromatic N) is 3. The summed E-state index contributed by atoms with van der Waals surface area (Å²) in [5.74, 6) is 0.0315. The molecule has 0 saturated carbocycles. The van der Waals surface area contributed by atoms with Crippen LogP contribution in [0.15, 0.2) is 88.9 Å². The van der Waals surface area contributed by atoms with Gasteiger partial charge >= 0.3 is 0 Å². The smallest absolute Gasteiger partial charge is 0.264 e. The Labute approximate surface area is 236 Å². The first-order valence-corrected chi connectivity index (χ1v) is 14.5. The molecule has 8 nitrogen and oxygen atoms in total. The summed E-state index contributed by atoms with van der Waals surface area (Å²) in [7, 11) is -4.02. The molecule has 0 radical (unpaired) electrons. The number of carbonyl (C=O) groups is 1. The van der Waals surface area contributed by atoms with Crippen LogP contribution in [0.3, 0.4) is 0 Å². The van der Waals surface area contributed by atoms with Crippen LogP contribution in [0.2, 0.25) is 0 Å². The zero-order chi connectivity index (χ0) is 28.9. The first kappa shape index (κ1) is 28.6. The van der Waals surface area contributed by atoms with Crippen molar-refractivity contribution in [1.82, 2.24) is 9.99 Å². The number of hydrazone groups is 1. The van der Waals surface area contributed by atoms with Crippen molar-refractivity contribution in [1.29, 1.82) is 0 Å². The van der Waals surface area contributed by atoms with Gasteiger partial charge in [-0.2, -0.15) is 5.10 Å². The van der Waals surface area contributed by atoms with Crippen LogP contribution in [0.1, 0.15) is 35.0 Å². The molecule has 0 aliphatic carbocycles. The molecule has 9 heteroatoms. The number of nitrogens with one attached hydrogen (secondary N) is 1. The average Bonchev–Trinajstić information content (AvgIpc) is 3.21. The fourth-order valence-electron chi connectivity index (χ4n) is 4.67. The molecule has 0 saturated heterocycles. The van der Waals surface area contributed by atoms with Gasteiger partial charge in [-0.25, -0.2) is 13.8 Å². The van der Waals surface area contributed by atoms with Gasteiger partial charge in [0.05, 0.1) is 29.1 Å². The molecule has 4 aromatic rings. The minimum atomic E-state index is -4.02. The van der Waals surface area contributed by atoms with Crippen molar-refractivity contribution in [2.24, 2.45) is 5.10 Å². The lowest BCUT2D eigenvalue weighted by Crippen LogP contribution is -2.39. The van der Waals surface area contributed by atoms with E-state index >= 15 is 0 Å². The first-order valence-electron chi connectivity index (χ1n) is 13.0. The number of carbonyl (C=O) groups excluding carboxylic acids is 1. The third kappa shape index (κ3) is 6.10. The molecule has 40 heavy (non-hydrogen) atoms. The molecular formula is C31H34N4O4S. The maximum atomic E-state index is 13.5. The van der Waals surface area contributed by atoms with E-state index in [1.807, 2.05) is 32.9 Å². The fourth-order valence-corrected chi connectivity index (χ4v) is 6.11. The van der Waals surface area contributed by atoms with E-state index in [2.05, 4.69) is 41.1 Å². The van der Waals surface area contributed by atoms with Gasteiger partial charge in [0, 0.05) is 17.0 Å². The normalized spacial score (nSPS) is 11.5. The van der Waals surface area contributed by atoms with Crippen LogP contribution in [0.5, 0.6) is 5.75 Å². The van der Waals surface area contributed by atoms with E-state index in [4.69, 9.17) is 4.74 Å². The molecule has 0 fully saturated rings. The number of para-hydroxylation sites is 1. The molecule has 0 bridgehead atoms. The summed E-state index contributed by atoms with van der Waals surface area (Å²) in [6.07, 6.45) is 1.58. The number of hydrogen-bond acceptors (Lipinski definition) is 5. The molecule has 0 atom stereocenters. The molecule has 4 rings (SSSR count). The van der Waals surface area contributed by atoms with Crippen molar-refractivity contribution in [3.63, 3.8) is 0 Å². The molecule has 1 aromatic heterocycles. The predicted molar refractivity (Wildman–Crippen MR) is 159 cm³/mol. The minimum absolute atomic E-state index is 0.0825. The van der Waals surface area contributed by atoms with E-state index in [-0.39, 0.29) is 4.90 Å². The number of benzene rings is 3. The van der Waals surface area contributed by atoms with Crippen molar-refractivity contribution in [3.05, 3.63) is 107 Å². The van der Waals surface area contributed by atoms with E-state index in [1.165, 1.54) is 12.1 Å². The third-order valence-corrected chi connectivity index (χ3v) is 8.37. The lowest BCUT2D eigenvalue weighted by atomic mass is 10.1. The Bertz CT molecular complexity index is 1610. The third-order valence-electron chi connectivity index (χ3n) is 6.58. The molecule has 1 amide bonds. The Morgan fingerprint density at radius 1 is 0.950 bits per heavy atom. The highest BCUT2D eigenvalue weighted by Gasteiger charge is 2.27. The molecule has 208 valence electrons. The molecule has 0 unspecified atom stereocenters. The van der Waals surface area contributed by atoms with Gasteiger partial charge in [-0.05, 0) is 88.2 Å². The van der Waals surface area contributed by atoms with Crippen LogP contribution in [0.4, 0.5) is 5.69 Å². The van der Waals surface area contributed by atoms with Crippen molar-refractivity contribution < 1.29 is 17.9 Å². The zero-order valence-corrected chi connectivity index (χ0v) is 24.2. The average molecular weight is 559 g/mol. The highest BCUT2D eigenvalue weighted by atomic mass is 32.2. The SMILES string of the molecule is CCOc1ccc(N(CC(=O)N/N=C\c2cc(C)n(-c3c(C)cccc3C)c2C)S(=O)(=O)c2ccccc2)cc1. The summed E-state index contributed by atoms with van der Waals surface area (Å²) in [5.41, 5.74) is 9.15. The van der Waals surface area contributed by atoms with E-state index < -0.39 is 22.5 Å². The van der Waals surface area contributed by atoms with Crippen LogP contribution in [-0.2, 0) is 14.8 Å². The minimum Gasteiger partial charge on any atom is -0.494 e. The Kier molecular flexibility index (Phi) is 8.74. The number of anilines is 1. The molecule has 0 aliphatic rings. The van der Waals surface area contributed by atoms with Gasteiger partial charge in [0.1, 0.15) is 12.3 Å². The van der Waals surface area contributed by atoms with E-state index in [1.54, 1.807) is 48.7 Å². The Morgan fingerprint density at radius 2 is 1.60 bits per heavy atom. The maximum absolute atomic E-state index is 13.5. The summed E-state index contributed by atoms with van der Waals surface area (Å²) < 4.78 is 35.8. The molecule has 3 aromatic carbocycles. The Hall–Kier alpha value is -4.37. The lowest BCUT2D eigenvalue weighted by Gasteiger charge is -2.24. The highest BCUT2D eigenvalue weighted by Crippen LogP contribution is 2.27. The summed E-state index contributed by atoms with van der Waals surface area (Å²) in [6.45, 7) is 10.1. The van der Waals surface area contributed by atoms with Crippen molar-refractivity contribution in [3.8, 4) is 11.4 Å². The largest absolute Gasteiger partial charge is 0.494 e. The second kappa shape index (κ2) is 12.2. The second-order valence-corrected chi connectivity index (χ2v) is 11.3. The van der Waals surface area contributed by atoms with Gasteiger partial charge in [0.2, 0.25) is 0 Å². The predicted octanol–water partition coefficient (Wildman–Crippen LogP) is 5.46. The number of rotatable bonds is 10. The first-order chi connectivity index (χ1) is 19.1. The molecule has 0 spiro atoms.